The lowest BCUT2D eigenvalue weighted by Gasteiger charge is -2.35. The molecule has 1 aliphatic rings. The summed E-state index contributed by atoms with van der Waals surface area (Å²) >= 11 is 0. The Kier molecular flexibility index (Phi) is 3.83. The van der Waals surface area contributed by atoms with Crippen LogP contribution in [0.5, 0.6) is 0 Å². The van der Waals surface area contributed by atoms with Gasteiger partial charge >= 0.3 is 5.97 Å². The molecule has 0 fully saturated rings. The van der Waals surface area contributed by atoms with Crippen LogP contribution < -0.4 is 0 Å². The molecule has 0 unspecified atom stereocenters. The number of hydrogen-bond donors (Lipinski definition) is 1. The van der Waals surface area contributed by atoms with Gasteiger partial charge in [0.05, 0.1) is 23.3 Å². The number of rotatable bonds is 5. The van der Waals surface area contributed by atoms with Crippen LogP contribution in [0.4, 0.5) is 0 Å². The summed E-state index contributed by atoms with van der Waals surface area (Å²) in [6.45, 7) is 6.12. The summed E-state index contributed by atoms with van der Waals surface area (Å²) in [7, 11) is 0. The van der Waals surface area contributed by atoms with Crippen LogP contribution in [0.2, 0.25) is 0 Å². The Morgan fingerprint density at radius 2 is 1.55 bits per heavy atom. The molecule has 0 radical (unpaired) electrons. The largest absolute Gasteiger partial charge is 0.479 e. The van der Waals surface area contributed by atoms with Crippen molar-refractivity contribution in [2.45, 2.75) is 38.8 Å². The Morgan fingerprint density at radius 1 is 1.09 bits per heavy atom. The first-order valence-corrected chi connectivity index (χ1v) is 6.93. The highest BCUT2D eigenvalue weighted by Gasteiger charge is 2.45. The van der Waals surface area contributed by atoms with Crippen molar-refractivity contribution in [3.8, 4) is 0 Å². The minimum atomic E-state index is -1.39. The fourth-order valence-corrected chi connectivity index (χ4v) is 2.22. The maximum atomic E-state index is 12.4. The number of nitrogens with zero attached hydrogens (tertiary/aromatic N) is 1. The number of hydrogen-bond acceptors (Lipinski definition) is 4. The monoisotopic (exact) mass is 305 g/mol. The Morgan fingerprint density at radius 3 is 1.95 bits per heavy atom. The zero-order valence-corrected chi connectivity index (χ0v) is 13.0. The SMILES string of the molecule is CC(C)(OCC(C)(C)N1C(=O)c2ccccc2C1=O)C(=O)O. The Bertz CT molecular complexity index is 613. The van der Waals surface area contributed by atoms with E-state index >= 15 is 0 Å². The van der Waals surface area contributed by atoms with E-state index in [9.17, 15) is 14.4 Å². The molecule has 1 heterocycles. The molecule has 0 saturated heterocycles. The minimum Gasteiger partial charge on any atom is -0.479 e. The molecule has 0 saturated carbocycles. The number of imide groups is 1. The van der Waals surface area contributed by atoms with E-state index in [4.69, 9.17) is 9.84 Å². The quantitative estimate of drug-likeness (QED) is 0.840. The summed E-state index contributed by atoms with van der Waals surface area (Å²) in [5.41, 5.74) is -1.63. The maximum absolute atomic E-state index is 12.4. The molecule has 6 nitrogen and oxygen atoms in total. The number of fused-ring (bicyclic) bond motifs is 1. The second-order valence-electron chi connectivity index (χ2n) is 6.41. The van der Waals surface area contributed by atoms with Crippen LogP contribution in [0.3, 0.4) is 0 Å². The van der Waals surface area contributed by atoms with Gasteiger partial charge in [0.2, 0.25) is 0 Å². The molecule has 1 aromatic carbocycles. The van der Waals surface area contributed by atoms with Gasteiger partial charge in [0.1, 0.15) is 0 Å². The van der Waals surface area contributed by atoms with Crippen molar-refractivity contribution >= 4 is 17.8 Å². The van der Waals surface area contributed by atoms with Gasteiger partial charge in [-0.25, -0.2) is 4.79 Å². The number of carboxylic acids is 1. The normalized spacial score (nSPS) is 15.2. The molecule has 22 heavy (non-hydrogen) atoms. The average molecular weight is 305 g/mol. The Balaban J connectivity index is 2.23. The number of aliphatic carboxylic acids is 1. The molecular formula is C16H19NO5. The summed E-state index contributed by atoms with van der Waals surface area (Å²) in [5.74, 6) is -1.88. The Labute approximate surface area is 128 Å². The topological polar surface area (TPSA) is 83.9 Å². The molecule has 1 aliphatic heterocycles. The number of benzene rings is 1. The minimum absolute atomic E-state index is 0.0717. The third kappa shape index (κ3) is 2.62. The summed E-state index contributed by atoms with van der Waals surface area (Å²) in [6.07, 6.45) is 0. The summed E-state index contributed by atoms with van der Waals surface area (Å²) in [6, 6.07) is 6.61. The van der Waals surface area contributed by atoms with Crippen molar-refractivity contribution in [1.82, 2.24) is 4.90 Å². The number of carboxylic acid groups (broad SMARTS) is 1. The molecule has 118 valence electrons. The molecular weight excluding hydrogens is 286 g/mol. The highest BCUT2D eigenvalue weighted by atomic mass is 16.5. The van der Waals surface area contributed by atoms with Gasteiger partial charge in [0, 0.05) is 0 Å². The predicted molar refractivity (Wildman–Crippen MR) is 78.7 cm³/mol. The molecule has 1 aromatic rings. The predicted octanol–water partition coefficient (Wildman–Crippen LogP) is 1.94. The number of carbonyl (C=O) groups is 3. The van der Waals surface area contributed by atoms with Crippen LogP contribution in [-0.4, -0.2) is 45.5 Å². The molecule has 2 rings (SSSR count). The van der Waals surface area contributed by atoms with Gasteiger partial charge in [-0.05, 0) is 39.8 Å². The molecule has 0 bridgehead atoms. The van der Waals surface area contributed by atoms with E-state index in [1.165, 1.54) is 13.8 Å². The standard InChI is InChI=1S/C16H19NO5/c1-15(2,9-22-16(3,4)14(20)21)17-12(18)10-7-5-6-8-11(10)13(17)19/h5-8H,9H2,1-4H3,(H,20,21). The molecule has 0 aromatic heterocycles. The second kappa shape index (κ2) is 5.21. The number of amides is 2. The van der Waals surface area contributed by atoms with E-state index in [2.05, 4.69) is 0 Å². The van der Waals surface area contributed by atoms with Crippen molar-refractivity contribution in [1.29, 1.82) is 0 Å². The highest BCUT2D eigenvalue weighted by molar-refractivity contribution is 6.21. The van der Waals surface area contributed by atoms with Crippen molar-refractivity contribution in [3.63, 3.8) is 0 Å². The van der Waals surface area contributed by atoms with Gasteiger partial charge in [-0.15, -0.1) is 0 Å². The first kappa shape index (κ1) is 16.2. The lowest BCUT2D eigenvalue weighted by atomic mass is 10.0. The van der Waals surface area contributed by atoms with E-state index in [-0.39, 0.29) is 18.4 Å². The van der Waals surface area contributed by atoms with Gasteiger partial charge < -0.3 is 9.84 Å². The van der Waals surface area contributed by atoms with Gasteiger partial charge in [0.25, 0.3) is 11.8 Å². The van der Waals surface area contributed by atoms with Crippen LogP contribution in [0, 0.1) is 0 Å². The molecule has 2 amide bonds. The molecule has 6 heteroatoms. The van der Waals surface area contributed by atoms with Gasteiger partial charge in [-0.1, -0.05) is 12.1 Å². The fraction of sp³-hybridized carbons (Fsp3) is 0.438. The van der Waals surface area contributed by atoms with Crippen molar-refractivity contribution in [3.05, 3.63) is 35.4 Å². The average Bonchev–Trinajstić information content (AvgIpc) is 2.70. The third-order valence-corrected chi connectivity index (χ3v) is 3.70. The van der Waals surface area contributed by atoms with E-state index in [1.807, 2.05) is 0 Å². The van der Waals surface area contributed by atoms with E-state index in [0.29, 0.717) is 11.1 Å². The smallest absolute Gasteiger partial charge is 0.335 e. The van der Waals surface area contributed by atoms with E-state index in [1.54, 1.807) is 38.1 Å². The molecule has 0 spiro atoms. The molecule has 0 atom stereocenters. The van der Waals surface area contributed by atoms with E-state index in [0.717, 1.165) is 4.90 Å². The highest BCUT2D eigenvalue weighted by Crippen LogP contribution is 2.30. The number of ether oxygens (including phenoxy) is 1. The first-order valence-electron chi connectivity index (χ1n) is 6.93. The summed E-state index contributed by atoms with van der Waals surface area (Å²) < 4.78 is 5.42. The zero-order valence-electron chi connectivity index (χ0n) is 13.0. The fourth-order valence-electron chi connectivity index (χ4n) is 2.22. The van der Waals surface area contributed by atoms with Crippen LogP contribution in [0.25, 0.3) is 0 Å². The van der Waals surface area contributed by atoms with Crippen LogP contribution in [0.15, 0.2) is 24.3 Å². The van der Waals surface area contributed by atoms with Gasteiger partial charge in [-0.2, -0.15) is 0 Å². The summed E-state index contributed by atoms with van der Waals surface area (Å²) in [5, 5.41) is 9.08. The van der Waals surface area contributed by atoms with E-state index < -0.39 is 17.1 Å². The van der Waals surface area contributed by atoms with Crippen molar-refractivity contribution in [2.75, 3.05) is 6.61 Å². The number of carbonyl (C=O) groups excluding carboxylic acids is 2. The molecule has 1 N–H and O–H groups in total. The van der Waals surface area contributed by atoms with Crippen LogP contribution >= 0.6 is 0 Å². The van der Waals surface area contributed by atoms with Crippen molar-refractivity contribution < 1.29 is 24.2 Å². The second-order valence-corrected chi connectivity index (χ2v) is 6.41. The van der Waals surface area contributed by atoms with Gasteiger partial charge in [0.15, 0.2) is 5.60 Å². The Hall–Kier alpha value is -2.21. The lowest BCUT2D eigenvalue weighted by molar-refractivity contribution is -0.164. The van der Waals surface area contributed by atoms with Crippen molar-refractivity contribution in [2.24, 2.45) is 0 Å². The summed E-state index contributed by atoms with van der Waals surface area (Å²) in [4.78, 5) is 37.1. The van der Waals surface area contributed by atoms with Crippen LogP contribution in [-0.2, 0) is 9.53 Å². The van der Waals surface area contributed by atoms with Crippen LogP contribution in [0.1, 0.15) is 48.4 Å². The zero-order chi connectivity index (χ0) is 16.7. The lowest BCUT2D eigenvalue weighted by Crippen LogP contribution is -2.52. The third-order valence-electron chi connectivity index (χ3n) is 3.70. The first-order chi connectivity index (χ1) is 10.1. The maximum Gasteiger partial charge on any atom is 0.335 e. The molecule has 0 aliphatic carbocycles. The van der Waals surface area contributed by atoms with Gasteiger partial charge in [-0.3, -0.25) is 14.5 Å².